The van der Waals surface area contributed by atoms with Crippen LogP contribution in [-0.4, -0.2) is 30.4 Å². The van der Waals surface area contributed by atoms with Gasteiger partial charge in [-0.2, -0.15) is 0 Å². The molecule has 6 heteroatoms. The van der Waals surface area contributed by atoms with Crippen LogP contribution in [0.2, 0.25) is 0 Å². The van der Waals surface area contributed by atoms with Crippen LogP contribution in [0.5, 0.6) is 0 Å². The number of esters is 1. The number of carbonyl (C=O) groups excluding carboxylic acids is 3. The van der Waals surface area contributed by atoms with E-state index in [0.717, 1.165) is 44.1 Å². The molecule has 2 saturated carbocycles. The lowest BCUT2D eigenvalue weighted by Crippen LogP contribution is -2.33. The maximum atomic E-state index is 12.6. The molecule has 2 aromatic rings. The minimum atomic E-state index is -0.624. The van der Waals surface area contributed by atoms with Gasteiger partial charge in [-0.05, 0) is 43.4 Å². The van der Waals surface area contributed by atoms with Crippen LogP contribution >= 0.6 is 0 Å². The van der Waals surface area contributed by atoms with Gasteiger partial charge in [-0.3, -0.25) is 14.4 Å². The number of amides is 2. The second-order valence-electron chi connectivity index (χ2n) is 8.07. The Morgan fingerprint density at radius 1 is 0.933 bits per heavy atom. The van der Waals surface area contributed by atoms with Gasteiger partial charge in [0.2, 0.25) is 0 Å². The molecule has 0 unspecified atom stereocenters. The van der Waals surface area contributed by atoms with Crippen LogP contribution in [0.1, 0.15) is 54.4 Å². The highest BCUT2D eigenvalue weighted by atomic mass is 16.5. The summed E-state index contributed by atoms with van der Waals surface area (Å²) in [4.78, 5) is 37.6. The van der Waals surface area contributed by atoms with E-state index >= 15 is 0 Å². The van der Waals surface area contributed by atoms with Crippen LogP contribution in [0.4, 0.5) is 5.69 Å². The summed E-state index contributed by atoms with van der Waals surface area (Å²) < 4.78 is 5.31. The lowest BCUT2D eigenvalue weighted by molar-refractivity contribution is -0.150. The number of ether oxygens (including phenoxy) is 1. The predicted molar refractivity (Wildman–Crippen MR) is 113 cm³/mol. The molecule has 0 saturated heterocycles. The summed E-state index contributed by atoms with van der Waals surface area (Å²) in [7, 11) is 0. The maximum absolute atomic E-state index is 12.6. The molecule has 0 heterocycles. The Bertz CT molecular complexity index is 931. The maximum Gasteiger partial charge on any atom is 0.317 e. The van der Waals surface area contributed by atoms with E-state index in [1.165, 1.54) is 0 Å². The van der Waals surface area contributed by atoms with Crippen molar-refractivity contribution >= 4 is 23.5 Å². The first-order chi connectivity index (χ1) is 14.6. The van der Waals surface area contributed by atoms with Gasteiger partial charge in [-0.25, -0.2) is 0 Å². The van der Waals surface area contributed by atoms with E-state index in [1.54, 1.807) is 24.3 Å². The van der Waals surface area contributed by atoms with Crippen LogP contribution in [0.15, 0.2) is 54.6 Å². The summed E-state index contributed by atoms with van der Waals surface area (Å²) in [5, 5.41) is 5.74. The lowest BCUT2D eigenvalue weighted by Gasteiger charge is -2.16. The summed E-state index contributed by atoms with van der Waals surface area (Å²) in [6.07, 6.45) is 5.67. The number of rotatable bonds is 7. The van der Waals surface area contributed by atoms with E-state index in [4.69, 9.17) is 4.74 Å². The van der Waals surface area contributed by atoms with Crippen molar-refractivity contribution < 1.29 is 19.1 Å². The van der Waals surface area contributed by atoms with Crippen molar-refractivity contribution in [1.82, 2.24) is 5.32 Å². The van der Waals surface area contributed by atoms with Gasteiger partial charge in [-0.15, -0.1) is 0 Å². The number of hydrogen-bond acceptors (Lipinski definition) is 4. The van der Waals surface area contributed by atoms with Gasteiger partial charge in [0.05, 0.1) is 16.7 Å². The molecular weight excluding hydrogens is 380 g/mol. The Morgan fingerprint density at radius 3 is 2.30 bits per heavy atom. The number of anilines is 1. The number of hydrogen-bond donors (Lipinski definition) is 2. The minimum Gasteiger partial charge on any atom is -0.455 e. The van der Waals surface area contributed by atoms with E-state index in [-0.39, 0.29) is 24.5 Å². The molecule has 2 amide bonds. The molecule has 2 fully saturated rings. The van der Waals surface area contributed by atoms with Crippen molar-refractivity contribution in [2.75, 3.05) is 11.9 Å². The highest BCUT2D eigenvalue weighted by Gasteiger charge is 2.52. The van der Waals surface area contributed by atoms with Crippen LogP contribution < -0.4 is 10.6 Å². The molecule has 0 bridgehead atoms. The Kier molecular flexibility index (Phi) is 5.84. The molecule has 2 N–H and O–H groups in total. The Labute approximate surface area is 176 Å². The van der Waals surface area contributed by atoms with Crippen molar-refractivity contribution in [2.45, 2.75) is 50.0 Å². The number of benzene rings is 2. The number of para-hydroxylation sites is 1. The van der Waals surface area contributed by atoms with Crippen molar-refractivity contribution in [2.24, 2.45) is 0 Å². The van der Waals surface area contributed by atoms with Gasteiger partial charge in [0.25, 0.3) is 11.8 Å². The van der Waals surface area contributed by atoms with Gasteiger partial charge in [-0.1, -0.05) is 55.3 Å². The molecule has 2 aromatic carbocycles. The first-order valence-corrected chi connectivity index (χ1v) is 10.5. The average Bonchev–Trinajstić information content (AvgIpc) is 3.43. The molecule has 0 spiro atoms. The first-order valence-electron chi connectivity index (χ1n) is 10.5. The molecule has 30 heavy (non-hydrogen) atoms. The summed E-state index contributed by atoms with van der Waals surface area (Å²) in [6.45, 7) is -0.383. The van der Waals surface area contributed by atoms with Crippen LogP contribution in [0, 0.1) is 0 Å². The predicted octanol–water partition coefficient (Wildman–Crippen LogP) is 3.57. The van der Waals surface area contributed by atoms with Crippen LogP contribution in [-0.2, 0) is 19.7 Å². The topological polar surface area (TPSA) is 84.5 Å². The normalized spacial score (nSPS) is 17.2. The van der Waals surface area contributed by atoms with Gasteiger partial charge in [0.15, 0.2) is 6.61 Å². The quantitative estimate of drug-likeness (QED) is 0.689. The third-order valence-electron chi connectivity index (χ3n) is 5.94. The molecule has 6 nitrogen and oxygen atoms in total. The van der Waals surface area contributed by atoms with E-state index in [0.29, 0.717) is 11.3 Å². The summed E-state index contributed by atoms with van der Waals surface area (Å²) in [6, 6.07) is 16.6. The van der Waals surface area contributed by atoms with Gasteiger partial charge >= 0.3 is 5.97 Å². The van der Waals surface area contributed by atoms with Crippen molar-refractivity contribution in [3.63, 3.8) is 0 Å². The Morgan fingerprint density at radius 2 is 1.60 bits per heavy atom. The van der Waals surface area contributed by atoms with Crippen molar-refractivity contribution in [3.05, 3.63) is 65.7 Å². The minimum absolute atomic E-state index is 0.190. The molecular formula is C24H26N2O4. The third-order valence-corrected chi connectivity index (χ3v) is 5.94. The molecule has 2 aliphatic rings. The second-order valence-corrected chi connectivity index (χ2v) is 8.07. The SMILES string of the molecule is O=C(COC(=O)C1(c2ccccc2)CC1)Nc1ccccc1C(=O)NC1CCCC1. The highest BCUT2D eigenvalue weighted by molar-refractivity contribution is 6.04. The van der Waals surface area contributed by atoms with Gasteiger partial charge < -0.3 is 15.4 Å². The van der Waals surface area contributed by atoms with E-state index < -0.39 is 11.3 Å². The van der Waals surface area contributed by atoms with Crippen LogP contribution in [0.3, 0.4) is 0 Å². The second kappa shape index (κ2) is 8.69. The zero-order chi connectivity index (χ0) is 21.0. The van der Waals surface area contributed by atoms with Crippen molar-refractivity contribution in [3.8, 4) is 0 Å². The molecule has 0 radical (unpaired) electrons. The Balaban J connectivity index is 1.34. The van der Waals surface area contributed by atoms with Gasteiger partial charge in [0.1, 0.15) is 0 Å². The largest absolute Gasteiger partial charge is 0.455 e. The fourth-order valence-corrected chi connectivity index (χ4v) is 4.07. The molecule has 2 aliphatic carbocycles. The smallest absolute Gasteiger partial charge is 0.317 e. The summed E-state index contributed by atoms with van der Waals surface area (Å²) in [5.41, 5.74) is 1.12. The monoisotopic (exact) mass is 406 g/mol. The summed E-state index contributed by atoms with van der Waals surface area (Å²) >= 11 is 0. The van der Waals surface area contributed by atoms with E-state index in [2.05, 4.69) is 10.6 Å². The lowest BCUT2D eigenvalue weighted by atomic mass is 9.96. The zero-order valence-corrected chi connectivity index (χ0v) is 16.9. The van der Waals surface area contributed by atoms with E-state index in [1.807, 2.05) is 30.3 Å². The Hall–Kier alpha value is -3.15. The van der Waals surface area contributed by atoms with Gasteiger partial charge in [0, 0.05) is 6.04 Å². The molecule has 156 valence electrons. The number of nitrogens with one attached hydrogen (secondary N) is 2. The van der Waals surface area contributed by atoms with E-state index in [9.17, 15) is 14.4 Å². The first kappa shape index (κ1) is 20.1. The fraction of sp³-hybridized carbons (Fsp3) is 0.375. The standard InChI is InChI=1S/C24H26N2O4/c27-21(16-30-23(29)24(14-15-24)17-8-2-1-3-9-17)26-20-13-7-6-12-19(20)22(28)25-18-10-4-5-11-18/h1-3,6-9,12-13,18H,4-5,10-11,14-16H2,(H,25,28)(H,26,27). The zero-order valence-electron chi connectivity index (χ0n) is 16.9. The molecule has 0 atom stereocenters. The third kappa shape index (κ3) is 4.37. The molecule has 0 aliphatic heterocycles. The summed E-state index contributed by atoms with van der Waals surface area (Å²) in [5.74, 6) is -1.04. The molecule has 4 rings (SSSR count). The number of carbonyl (C=O) groups is 3. The van der Waals surface area contributed by atoms with Crippen molar-refractivity contribution in [1.29, 1.82) is 0 Å². The average molecular weight is 406 g/mol. The van der Waals surface area contributed by atoms with Crippen LogP contribution in [0.25, 0.3) is 0 Å². The molecule has 0 aromatic heterocycles. The fourth-order valence-electron chi connectivity index (χ4n) is 4.07. The highest BCUT2D eigenvalue weighted by Crippen LogP contribution is 2.49.